The highest BCUT2D eigenvalue weighted by molar-refractivity contribution is 6.15. The second kappa shape index (κ2) is 9.58. The number of carbonyl (C=O) groups is 4. The van der Waals surface area contributed by atoms with E-state index in [1.807, 2.05) is 19.1 Å². The lowest BCUT2D eigenvalue weighted by atomic mass is 10.1. The lowest BCUT2D eigenvalue weighted by Gasteiger charge is -2.13. The molecule has 2 aromatic carbocycles. The average Bonchev–Trinajstić information content (AvgIpc) is 3.40. The first-order chi connectivity index (χ1) is 16.4. The van der Waals surface area contributed by atoms with Crippen LogP contribution in [0.25, 0.3) is 17.4 Å². The van der Waals surface area contributed by atoms with Crippen molar-refractivity contribution >= 4 is 35.4 Å². The maximum absolute atomic E-state index is 12.7. The number of anilines is 1. The topological polar surface area (TPSA) is 109 Å². The zero-order valence-electron chi connectivity index (χ0n) is 18.8. The van der Waals surface area contributed by atoms with E-state index in [2.05, 4.69) is 10.6 Å². The van der Waals surface area contributed by atoms with Gasteiger partial charge in [-0.3, -0.25) is 14.4 Å². The van der Waals surface area contributed by atoms with Crippen molar-refractivity contribution in [2.75, 3.05) is 11.9 Å². The summed E-state index contributed by atoms with van der Waals surface area (Å²) in [7, 11) is 0. The molecule has 1 aromatic heterocycles. The Labute approximate surface area is 196 Å². The number of imide groups is 1. The average molecular weight is 457 g/mol. The van der Waals surface area contributed by atoms with Crippen molar-refractivity contribution in [1.29, 1.82) is 0 Å². The zero-order chi connectivity index (χ0) is 24.2. The monoisotopic (exact) mass is 457 g/mol. The van der Waals surface area contributed by atoms with Crippen molar-refractivity contribution in [2.24, 2.45) is 0 Å². The number of benzene rings is 2. The highest BCUT2D eigenvalue weighted by atomic mass is 16.3. The third-order valence-corrected chi connectivity index (χ3v) is 5.43. The smallest absolute Gasteiger partial charge is 0.329 e. The van der Waals surface area contributed by atoms with Crippen molar-refractivity contribution in [3.63, 3.8) is 0 Å². The van der Waals surface area contributed by atoms with Crippen LogP contribution in [0.2, 0.25) is 0 Å². The molecule has 0 atom stereocenters. The highest BCUT2D eigenvalue weighted by Crippen LogP contribution is 2.25. The Hall–Kier alpha value is -4.46. The van der Waals surface area contributed by atoms with Gasteiger partial charge in [0.15, 0.2) is 5.78 Å². The molecule has 4 amide bonds. The second-order valence-corrected chi connectivity index (χ2v) is 7.77. The predicted octanol–water partition coefficient (Wildman–Crippen LogP) is 4.24. The summed E-state index contributed by atoms with van der Waals surface area (Å²) in [6.07, 6.45) is 2.15. The summed E-state index contributed by atoms with van der Waals surface area (Å²) in [5.41, 5.74) is 2.98. The van der Waals surface area contributed by atoms with Crippen molar-refractivity contribution < 1.29 is 23.6 Å². The van der Waals surface area contributed by atoms with Gasteiger partial charge in [0, 0.05) is 22.9 Å². The summed E-state index contributed by atoms with van der Waals surface area (Å²) in [6, 6.07) is 17.0. The molecule has 1 fully saturated rings. The van der Waals surface area contributed by atoms with Gasteiger partial charge in [-0.25, -0.2) is 9.69 Å². The summed E-state index contributed by atoms with van der Waals surface area (Å²) < 4.78 is 5.77. The molecule has 4 rings (SSSR count). The van der Waals surface area contributed by atoms with E-state index in [4.69, 9.17) is 4.42 Å². The molecule has 172 valence electrons. The molecule has 8 nitrogen and oxygen atoms in total. The van der Waals surface area contributed by atoms with Gasteiger partial charge < -0.3 is 15.1 Å². The predicted molar refractivity (Wildman–Crippen MR) is 127 cm³/mol. The van der Waals surface area contributed by atoms with E-state index in [0.717, 1.165) is 22.4 Å². The third-order valence-electron chi connectivity index (χ3n) is 5.43. The van der Waals surface area contributed by atoms with Gasteiger partial charge in [0.1, 0.15) is 23.8 Å². The first kappa shape index (κ1) is 22.7. The summed E-state index contributed by atoms with van der Waals surface area (Å²) >= 11 is 0. The van der Waals surface area contributed by atoms with Gasteiger partial charge in [0.2, 0.25) is 5.91 Å². The molecule has 2 N–H and O–H groups in total. The number of nitrogens with zero attached hydrogens (tertiary/aromatic N) is 1. The summed E-state index contributed by atoms with van der Waals surface area (Å²) in [4.78, 5) is 49.8. The SMILES string of the molecule is CCc1ccccc1NC(=O)CN1C(=O)N/C(=C/c2ccc(-c3ccc(C(C)=O)cc3)o2)C1=O. The van der Waals surface area contributed by atoms with Crippen molar-refractivity contribution in [3.8, 4) is 11.3 Å². The first-order valence-corrected chi connectivity index (χ1v) is 10.8. The molecule has 1 saturated heterocycles. The lowest BCUT2D eigenvalue weighted by Crippen LogP contribution is -2.38. The number of rotatable bonds is 7. The van der Waals surface area contributed by atoms with E-state index in [1.165, 1.54) is 13.0 Å². The molecule has 1 aliphatic heterocycles. The fraction of sp³-hybridized carbons (Fsp3) is 0.154. The maximum atomic E-state index is 12.7. The molecular weight excluding hydrogens is 434 g/mol. The van der Waals surface area contributed by atoms with Crippen LogP contribution in [0.15, 0.2) is 70.8 Å². The molecule has 0 aliphatic carbocycles. The number of para-hydroxylation sites is 1. The van der Waals surface area contributed by atoms with Crippen LogP contribution in [-0.2, 0) is 16.0 Å². The molecule has 0 radical (unpaired) electrons. The number of furan rings is 1. The minimum Gasteiger partial charge on any atom is -0.457 e. The zero-order valence-corrected chi connectivity index (χ0v) is 18.8. The van der Waals surface area contributed by atoms with Crippen LogP contribution in [0.1, 0.15) is 35.5 Å². The number of carbonyl (C=O) groups excluding carboxylic acids is 4. The Morgan fingerprint density at radius 2 is 1.76 bits per heavy atom. The number of amides is 4. The number of ketones is 1. The van der Waals surface area contributed by atoms with Gasteiger partial charge >= 0.3 is 6.03 Å². The quantitative estimate of drug-likeness (QED) is 0.313. The molecule has 1 aliphatic rings. The van der Waals surface area contributed by atoms with Crippen molar-refractivity contribution in [1.82, 2.24) is 10.2 Å². The molecule has 34 heavy (non-hydrogen) atoms. The van der Waals surface area contributed by atoms with Gasteiger partial charge in [-0.05, 0) is 37.1 Å². The van der Waals surface area contributed by atoms with Gasteiger partial charge in [-0.1, -0.05) is 49.4 Å². The summed E-state index contributed by atoms with van der Waals surface area (Å²) in [5, 5.41) is 5.24. The van der Waals surface area contributed by atoms with E-state index in [9.17, 15) is 19.2 Å². The molecule has 3 aromatic rings. The number of urea groups is 1. The molecule has 8 heteroatoms. The molecular formula is C26H23N3O5. The number of aryl methyl sites for hydroxylation is 1. The number of Topliss-reactive ketones (excluding diaryl/α,β-unsaturated/α-hetero) is 1. The summed E-state index contributed by atoms with van der Waals surface area (Å²) in [5.74, 6) is -0.214. The van der Waals surface area contributed by atoms with Crippen LogP contribution in [-0.4, -0.2) is 35.1 Å². The van der Waals surface area contributed by atoms with E-state index in [1.54, 1.807) is 48.5 Å². The van der Waals surface area contributed by atoms with Crippen molar-refractivity contribution in [2.45, 2.75) is 20.3 Å². The van der Waals surface area contributed by atoms with Gasteiger partial charge in [-0.15, -0.1) is 0 Å². The van der Waals surface area contributed by atoms with E-state index >= 15 is 0 Å². The standard InChI is InChI=1S/C26H23N3O5/c1-3-17-6-4-5-7-21(17)27-24(31)15-29-25(32)22(28-26(29)33)14-20-12-13-23(34-20)19-10-8-18(9-11-19)16(2)30/h4-14H,3,15H2,1-2H3,(H,27,31)(H,28,33)/b22-14+. The van der Waals surface area contributed by atoms with Gasteiger partial charge in [0.25, 0.3) is 5.91 Å². The minimum atomic E-state index is -0.679. The Morgan fingerprint density at radius 3 is 2.47 bits per heavy atom. The van der Waals surface area contributed by atoms with Gasteiger partial charge in [0.05, 0.1) is 0 Å². The van der Waals surface area contributed by atoms with Crippen LogP contribution in [0, 0.1) is 0 Å². The van der Waals surface area contributed by atoms with Crippen LogP contribution < -0.4 is 10.6 Å². The number of nitrogens with one attached hydrogen (secondary N) is 2. The van der Waals surface area contributed by atoms with Gasteiger partial charge in [-0.2, -0.15) is 0 Å². The van der Waals surface area contributed by atoms with E-state index in [0.29, 0.717) is 22.8 Å². The number of hydrogen-bond acceptors (Lipinski definition) is 5. The van der Waals surface area contributed by atoms with Crippen LogP contribution >= 0.6 is 0 Å². The molecule has 0 saturated carbocycles. The van der Waals surface area contributed by atoms with Crippen molar-refractivity contribution in [3.05, 3.63) is 83.2 Å². The van der Waals surface area contributed by atoms with Crippen LogP contribution in [0.4, 0.5) is 10.5 Å². The van der Waals surface area contributed by atoms with Crippen LogP contribution in [0.5, 0.6) is 0 Å². The van der Waals surface area contributed by atoms with E-state index in [-0.39, 0.29) is 11.5 Å². The Bertz CT molecular complexity index is 1300. The second-order valence-electron chi connectivity index (χ2n) is 7.77. The van der Waals surface area contributed by atoms with Crippen LogP contribution in [0.3, 0.4) is 0 Å². The third kappa shape index (κ3) is 4.80. The Kier molecular flexibility index (Phi) is 6.40. The number of hydrogen-bond donors (Lipinski definition) is 2. The molecule has 0 spiro atoms. The Morgan fingerprint density at radius 1 is 1.03 bits per heavy atom. The molecule has 2 heterocycles. The normalized spacial score (nSPS) is 14.4. The summed E-state index contributed by atoms with van der Waals surface area (Å²) in [6.45, 7) is 3.06. The largest absolute Gasteiger partial charge is 0.457 e. The fourth-order valence-corrected chi connectivity index (χ4v) is 3.60. The molecule has 0 unspecified atom stereocenters. The lowest BCUT2D eigenvalue weighted by molar-refractivity contribution is -0.127. The first-order valence-electron chi connectivity index (χ1n) is 10.8. The highest BCUT2D eigenvalue weighted by Gasteiger charge is 2.35. The van der Waals surface area contributed by atoms with E-state index < -0.39 is 24.4 Å². The Balaban J connectivity index is 1.44. The minimum absolute atomic E-state index is 0.0135. The molecule has 0 bridgehead atoms. The fourth-order valence-electron chi connectivity index (χ4n) is 3.60. The maximum Gasteiger partial charge on any atom is 0.329 e.